The van der Waals surface area contributed by atoms with Crippen LogP contribution in [-0.2, 0) is 4.79 Å². The molecule has 0 bridgehead atoms. The first kappa shape index (κ1) is 11.3. The van der Waals surface area contributed by atoms with Crippen LogP contribution in [0.4, 0.5) is 0 Å². The van der Waals surface area contributed by atoms with Gasteiger partial charge in [-0.3, -0.25) is 4.79 Å². The number of hydrogen-bond donors (Lipinski definition) is 0. The van der Waals surface area contributed by atoms with E-state index in [1.54, 1.807) is 0 Å². The van der Waals surface area contributed by atoms with Crippen molar-refractivity contribution in [2.75, 3.05) is 0 Å². The summed E-state index contributed by atoms with van der Waals surface area (Å²) in [5.74, 6) is 0. The highest BCUT2D eigenvalue weighted by Gasteiger charge is 1.99. The summed E-state index contributed by atoms with van der Waals surface area (Å²) in [4.78, 5) is 11.1. The average Bonchev–Trinajstić information content (AvgIpc) is 2.39. The van der Waals surface area contributed by atoms with E-state index in [1.165, 1.54) is 5.56 Å². The largest absolute Gasteiger partial charge is 0.298 e. The number of benzene rings is 2. The van der Waals surface area contributed by atoms with Crippen LogP contribution in [0.5, 0.6) is 0 Å². The molecule has 2 aromatic rings. The second kappa shape index (κ2) is 5.26. The van der Waals surface area contributed by atoms with Crippen LogP contribution in [0.1, 0.15) is 16.7 Å². The molecule has 0 heterocycles. The number of aryl methyl sites for hydroxylation is 1. The van der Waals surface area contributed by atoms with Gasteiger partial charge in [-0.05, 0) is 24.1 Å². The molecule has 17 heavy (non-hydrogen) atoms. The zero-order valence-electron chi connectivity index (χ0n) is 9.76. The van der Waals surface area contributed by atoms with E-state index >= 15 is 0 Å². The third kappa shape index (κ3) is 2.91. The minimum atomic E-state index is 0.703. The Bertz CT molecular complexity index is 521. The fraction of sp³-hybridized carbons (Fsp3) is 0.0625. The molecule has 1 heteroatoms. The second-order valence-corrected chi connectivity index (χ2v) is 3.99. The number of carbonyl (C=O) groups is 1. The van der Waals surface area contributed by atoms with Crippen molar-refractivity contribution >= 4 is 17.9 Å². The number of allylic oxidation sites excluding steroid dienone is 1. The molecule has 0 fully saturated rings. The molecule has 0 aliphatic rings. The Labute approximate surface area is 101 Å². The minimum Gasteiger partial charge on any atom is -0.298 e. The van der Waals surface area contributed by atoms with Crippen molar-refractivity contribution in [3.05, 3.63) is 71.3 Å². The van der Waals surface area contributed by atoms with Crippen LogP contribution in [0.3, 0.4) is 0 Å². The lowest BCUT2D eigenvalue weighted by Crippen LogP contribution is -1.85. The lowest BCUT2D eigenvalue weighted by atomic mass is 10.0. The molecule has 0 spiro atoms. The van der Waals surface area contributed by atoms with E-state index in [4.69, 9.17) is 0 Å². The van der Waals surface area contributed by atoms with Gasteiger partial charge in [0, 0.05) is 5.57 Å². The van der Waals surface area contributed by atoms with Gasteiger partial charge in [0.1, 0.15) is 0 Å². The van der Waals surface area contributed by atoms with Crippen molar-refractivity contribution in [3.8, 4) is 0 Å². The van der Waals surface area contributed by atoms with Crippen molar-refractivity contribution in [2.45, 2.75) is 6.92 Å². The molecule has 0 unspecified atom stereocenters. The summed E-state index contributed by atoms with van der Waals surface area (Å²) in [5, 5.41) is 0. The van der Waals surface area contributed by atoms with E-state index in [0.717, 1.165) is 17.4 Å². The molecule has 0 saturated heterocycles. The maximum Gasteiger partial charge on any atom is 0.150 e. The Morgan fingerprint density at radius 1 is 0.941 bits per heavy atom. The molecule has 1 nitrogen and oxygen atoms in total. The van der Waals surface area contributed by atoms with E-state index in [1.807, 2.05) is 67.6 Å². The zero-order chi connectivity index (χ0) is 12.1. The van der Waals surface area contributed by atoms with Gasteiger partial charge < -0.3 is 0 Å². The number of hydrogen-bond acceptors (Lipinski definition) is 1. The van der Waals surface area contributed by atoms with Gasteiger partial charge in [-0.2, -0.15) is 0 Å². The van der Waals surface area contributed by atoms with Crippen LogP contribution in [0, 0.1) is 6.92 Å². The number of rotatable bonds is 3. The van der Waals surface area contributed by atoms with Gasteiger partial charge in [-0.15, -0.1) is 0 Å². The minimum absolute atomic E-state index is 0.703. The van der Waals surface area contributed by atoms with Crippen LogP contribution in [0.2, 0.25) is 0 Å². The average molecular weight is 222 g/mol. The van der Waals surface area contributed by atoms with Crippen LogP contribution in [-0.4, -0.2) is 6.29 Å². The summed E-state index contributed by atoms with van der Waals surface area (Å²) >= 11 is 0. The standard InChI is InChI=1S/C16H14O/c1-13-7-9-14(10-8-13)11-16(12-17)15-5-3-2-4-6-15/h2-12H,1H3/b16-11-. The van der Waals surface area contributed by atoms with E-state index in [2.05, 4.69) is 0 Å². The Kier molecular flexibility index (Phi) is 3.51. The first-order chi connectivity index (χ1) is 8.29. The van der Waals surface area contributed by atoms with Crippen molar-refractivity contribution < 1.29 is 4.79 Å². The van der Waals surface area contributed by atoms with Gasteiger partial charge in [0.05, 0.1) is 0 Å². The van der Waals surface area contributed by atoms with Crippen molar-refractivity contribution in [3.63, 3.8) is 0 Å². The number of aldehydes is 1. The summed E-state index contributed by atoms with van der Waals surface area (Å²) in [5.41, 5.74) is 3.91. The molecule has 0 amide bonds. The Morgan fingerprint density at radius 2 is 1.59 bits per heavy atom. The maximum absolute atomic E-state index is 11.1. The molecular weight excluding hydrogens is 208 g/mol. The maximum atomic E-state index is 11.1. The van der Waals surface area contributed by atoms with Gasteiger partial charge in [0.2, 0.25) is 0 Å². The Balaban J connectivity index is 2.36. The summed E-state index contributed by atoms with van der Waals surface area (Å²) in [6.07, 6.45) is 2.80. The van der Waals surface area contributed by atoms with E-state index < -0.39 is 0 Å². The molecule has 2 rings (SSSR count). The van der Waals surface area contributed by atoms with Gasteiger partial charge in [0.15, 0.2) is 6.29 Å². The Morgan fingerprint density at radius 3 is 2.18 bits per heavy atom. The molecule has 0 aliphatic carbocycles. The third-order valence-corrected chi connectivity index (χ3v) is 2.63. The van der Waals surface area contributed by atoms with Crippen molar-refractivity contribution in [1.82, 2.24) is 0 Å². The normalized spacial score (nSPS) is 11.2. The van der Waals surface area contributed by atoms with Crippen molar-refractivity contribution in [2.24, 2.45) is 0 Å². The lowest BCUT2D eigenvalue weighted by Gasteiger charge is -2.01. The Hall–Kier alpha value is -2.15. The highest BCUT2D eigenvalue weighted by Crippen LogP contribution is 2.16. The summed E-state index contributed by atoms with van der Waals surface area (Å²) in [6.45, 7) is 2.05. The molecule has 84 valence electrons. The van der Waals surface area contributed by atoms with Crippen molar-refractivity contribution in [1.29, 1.82) is 0 Å². The molecule has 0 aromatic heterocycles. The lowest BCUT2D eigenvalue weighted by molar-refractivity contribution is -0.103. The topological polar surface area (TPSA) is 17.1 Å². The molecule has 0 N–H and O–H groups in total. The molecule has 2 aromatic carbocycles. The highest BCUT2D eigenvalue weighted by molar-refractivity contribution is 6.13. The SMILES string of the molecule is Cc1ccc(/C=C(/C=O)c2ccccc2)cc1. The van der Waals surface area contributed by atoms with Gasteiger partial charge in [-0.25, -0.2) is 0 Å². The monoisotopic (exact) mass is 222 g/mol. The molecule has 0 saturated carbocycles. The smallest absolute Gasteiger partial charge is 0.150 e. The quantitative estimate of drug-likeness (QED) is 0.439. The summed E-state index contributed by atoms with van der Waals surface area (Å²) in [6, 6.07) is 17.8. The van der Waals surface area contributed by atoms with Gasteiger partial charge >= 0.3 is 0 Å². The van der Waals surface area contributed by atoms with E-state index in [-0.39, 0.29) is 0 Å². The second-order valence-electron chi connectivity index (χ2n) is 3.99. The summed E-state index contributed by atoms with van der Waals surface area (Å²) in [7, 11) is 0. The highest BCUT2D eigenvalue weighted by atomic mass is 16.1. The molecular formula is C16H14O. The van der Waals surface area contributed by atoms with Gasteiger partial charge in [-0.1, -0.05) is 60.2 Å². The first-order valence-corrected chi connectivity index (χ1v) is 5.58. The molecule has 0 radical (unpaired) electrons. The zero-order valence-corrected chi connectivity index (χ0v) is 9.76. The van der Waals surface area contributed by atoms with E-state index in [0.29, 0.717) is 5.57 Å². The van der Waals surface area contributed by atoms with Gasteiger partial charge in [0.25, 0.3) is 0 Å². The molecule has 0 atom stereocenters. The fourth-order valence-corrected chi connectivity index (χ4v) is 1.66. The van der Waals surface area contributed by atoms with Crippen LogP contribution in [0.15, 0.2) is 54.6 Å². The van der Waals surface area contributed by atoms with E-state index in [9.17, 15) is 4.79 Å². The first-order valence-electron chi connectivity index (χ1n) is 5.58. The predicted octanol–water partition coefficient (Wildman–Crippen LogP) is 3.73. The third-order valence-electron chi connectivity index (χ3n) is 2.63. The molecule has 0 aliphatic heterocycles. The van der Waals surface area contributed by atoms with Crippen LogP contribution >= 0.6 is 0 Å². The van der Waals surface area contributed by atoms with Crippen LogP contribution in [0.25, 0.3) is 11.6 Å². The summed E-state index contributed by atoms with van der Waals surface area (Å²) < 4.78 is 0. The predicted molar refractivity (Wildman–Crippen MR) is 71.6 cm³/mol. The van der Waals surface area contributed by atoms with Crippen LogP contribution < -0.4 is 0 Å². The number of carbonyl (C=O) groups excluding carboxylic acids is 1. The fourth-order valence-electron chi connectivity index (χ4n) is 1.66.